The molecule has 0 aliphatic carbocycles. The molecule has 0 aliphatic heterocycles. The fourth-order valence-electron chi connectivity index (χ4n) is 1.80. The minimum absolute atomic E-state index is 0.256. The predicted molar refractivity (Wildman–Crippen MR) is 61.4 cm³/mol. The minimum atomic E-state index is -0.256. The van der Waals surface area contributed by atoms with Gasteiger partial charge in [-0.2, -0.15) is 5.10 Å². The second kappa shape index (κ2) is 4.45. The van der Waals surface area contributed by atoms with E-state index in [0.29, 0.717) is 12.2 Å². The Hall–Kier alpha value is -2.04. The molecule has 88 valence electrons. The molecule has 1 N–H and O–H groups in total. The Balaban J connectivity index is 2.30. The van der Waals surface area contributed by atoms with Crippen molar-refractivity contribution in [2.75, 3.05) is 0 Å². The number of nitroso groups, excluding NO2 is 1. The van der Waals surface area contributed by atoms with Crippen LogP contribution in [0.2, 0.25) is 0 Å². The zero-order valence-corrected chi connectivity index (χ0v) is 9.70. The van der Waals surface area contributed by atoms with Crippen LogP contribution in [0.5, 0.6) is 0 Å². The van der Waals surface area contributed by atoms with E-state index in [1.54, 1.807) is 19.1 Å². The molecule has 5 heteroatoms. The Labute approximate surface area is 98.1 Å². The summed E-state index contributed by atoms with van der Waals surface area (Å²) in [5.74, 6) is -0.256. The topological polar surface area (TPSA) is 49.1 Å². The molecule has 0 atom stereocenters. The molecule has 2 rings (SSSR count). The highest BCUT2D eigenvalue weighted by Gasteiger charge is 2.19. The van der Waals surface area contributed by atoms with Crippen LogP contribution < -0.4 is 4.68 Å². The monoisotopic (exact) mass is 234 g/mol. The van der Waals surface area contributed by atoms with Crippen molar-refractivity contribution < 1.29 is 9.07 Å². The van der Waals surface area contributed by atoms with Gasteiger partial charge in [-0.1, -0.05) is 0 Å². The fraction of sp³-hybridized carbons (Fsp3) is 0.250. The number of nitrogens with one attached hydrogen (secondary N) is 1. The number of nitrogens with zero attached hydrogens (tertiary/aromatic N) is 2. The van der Waals surface area contributed by atoms with Crippen molar-refractivity contribution in [2.24, 2.45) is 5.18 Å². The maximum atomic E-state index is 12.8. The van der Waals surface area contributed by atoms with Crippen LogP contribution in [0.1, 0.15) is 17.0 Å². The second-order valence-electron chi connectivity index (χ2n) is 3.97. The molecule has 0 aliphatic rings. The molecule has 1 heterocycles. The lowest BCUT2D eigenvalue weighted by Gasteiger charge is -1.96. The van der Waals surface area contributed by atoms with Gasteiger partial charge in [0.1, 0.15) is 11.5 Å². The number of H-pyrrole nitrogens is 1. The van der Waals surface area contributed by atoms with Crippen LogP contribution in [0.25, 0.3) is 0 Å². The molecule has 0 amide bonds. The summed E-state index contributed by atoms with van der Waals surface area (Å²) in [5, 5.41) is 6.04. The van der Waals surface area contributed by atoms with Gasteiger partial charge >= 0.3 is 0 Å². The first-order valence-electron chi connectivity index (χ1n) is 5.28. The molecular weight excluding hydrogens is 221 g/mol. The second-order valence-corrected chi connectivity index (χ2v) is 3.97. The average molecular weight is 234 g/mol. The lowest BCUT2D eigenvalue weighted by Crippen LogP contribution is -2.38. The largest absolute Gasteiger partial charge is 0.234 e. The maximum absolute atomic E-state index is 12.8. The van der Waals surface area contributed by atoms with Crippen molar-refractivity contribution in [3.05, 3.63) is 51.9 Å². The molecule has 0 saturated carbocycles. The first kappa shape index (κ1) is 11.4. The van der Waals surface area contributed by atoms with E-state index in [-0.39, 0.29) is 5.82 Å². The highest BCUT2D eigenvalue weighted by molar-refractivity contribution is 5.42. The van der Waals surface area contributed by atoms with Gasteiger partial charge in [-0.15, -0.1) is 9.59 Å². The number of aryl methyl sites for hydroxylation is 1. The smallest absolute Gasteiger partial charge is 0.207 e. The molecule has 1 aromatic carbocycles. The zero-order chi connectivity index (χ0) is 12.4. The number of rotatable bonds is 3. The summed E-state index contributed by atoms with van der Waals surface area (Å²) < 4.78 is 14.6. The molecule has 0 fully saturated rings. The number of hydrogen-bond donors (Lipinski definition) is 1. The molecular formula is C12H13FN3O+. The Morgan fingerprint density at radius 2 is 1.94 bits per heavy atom. The molecule has 0 bridgehead atoms. The number of hydrogen-bond acceptors (Lipinski definition) is 2. The molecule has 17 heavy (non-hydrogen) atoms. The highest BCUT2D eigenvalue weighted by Crippen LogP contribution is 2.18. The van der Waals surface area contributed by atoms with Gasteiger partial charge in [0.25, 0.3) is 0 Å². The summed E-state index contributed by atoms with van der Waals surface area (Å²) in [5.41, 5.74) is 2.91. The van der Waals surface area contributed by atoms with Gasteiger partial charge in [0.15, 0.2) is 6.54 Å². The van der Waals surface area contributed by atoms with E-state index in [4.69, 9.17) is 0 Å². The van der Waals surface area contributed by atoms with Crippen molar-refractivity contribution in [1.29, 1.82) is 0 Å². The summed E-state index contributed by atoms with van der Waals surface area (Å²) >= 11 is 0. The third kappa shape index (κ3) is 2.22. The average Bonchev–Trinajstić information content (AvgIpc) is 2.57. The third-order valence-corrected chi connectivity index (χ3v) is 2.75. The first-order chi connectivity index (χ1) is 8.11. The van der Waals surface area contributed by atoms with E-state index in [1.807, 2.05) is 11.6 Å². The lowest BCUT2D eigenvalue weighted by molar-refractivity contribution is -0.747. The van der Waals surface area contributed by atoms with E-state index in [1.165, 1.54) is 12.1 Å². The Kier molecular flexibility index (Phi) is 2.99. The lowest BCUT2D eigenvalue weighted by atomic mass is 10.2. The standard InChI is InChI=1S/C12H12FN3O/c1-8-12(15-17)9(2)16(14-8)7-10-3-5-11(13)6-4-10/h3-6H,7H2,1-2H3/p+1. The number of benzene rings is 1. The summed E-state index contributed by atoms with van der Waals surface area (Å²) in [6.45, 7) is 4.18. The fourth-order valence-corrected chi connectivity index (χ4v) is 1.80. The quantitative estimate of drug-likeness (QED) is 0.643. The van der Waals surface area contributed by atoms with Crippen LogP contribution in [-0.2, 0) is 6.54 Å². The van der Waals surface area contributed by atoms with Crippen LogP contribution in [0.3, 0.4) is 0 Å². The van der Waals surface area contributed by atoms with Crippen molar-refractivity contribution in [3.63, 3.8) is 0 Å². The summed E-state index contributed by atoms with van der Waals surface area (Å²) in [6.07, 6.45) is 0. The molecule has 0 unspecified atom stereocenters. The van der Waals surface area contributed by atoms with E-state index in [0.717, 1.165) is 17.0 Å². The molecule has 0 saturated heterocycles. The van der Waals surface area contributed by atoms with Crippen LogP contribution in [0.15, 0.2) is 29.4 Å². The van der Waals surface area contributed by atoms with Crippen molar-refractivity contribution in [2.45, 2.75) is 20.4 Å². The number of halogens is 1. The third-order valence-electron chi connectivity index (χ3n) is 2.75. The van der Waals surface area contributed by atoms with Gasteiger partial charge in [-0.05, 0) is 36.4 Å². The van der Waals surface area contributed by atoms with Gasteiger partial charge in [0, 0.05) is 12.5 Å². The predicted octanol–water partition coefficient (Wildman–Crippen LogP) is 2.50. The molecule has 0 spiro atoms. The Morgan fingerprint density at radius 1 is 1.29 bits per heavy atom. The normalized spacial score (nSPS) is 10.5. The van der Waals surface area contributed by atoms with E-state index in [2.05, 4.69) is 10.3 Å². The maximum Gasteiger partial charge on any atom is 0.234 e. The van der Waals surface area contributed by atoms with Crippen molar-refractivity contribution in [1.82, 2.24) is 5.10 Å². The van der Waals surface area contributed by atoms with Crippen molar-refractivity contribution >= 4 is 5.69 Å². The SMILES string of the molecule is Cc1[nH][n+](Cc2ccc(F)cc2)c(C)c1N=O. The Morgan fingerprint density at radius 3 is 2.47 bits per heavy atom. The zero-order valence-electron chi connectivity index (χ0n) is 9.70. The minimum Gasteiger partial charge on any atom is -0.207 e. The summed E-state index contributed by atoms with van der Waals surface area (Å²) in [6, 6.07) is 6.26. The number of aromatic amines is 1. The van der Waals surface area contributed by atoms with Crippen molar-refractivity contribution in [3.8, 4) is 0 Å². The van der Waals surface area contributed by atoms with Crippen LogP contribution in [-0.4, -0.2) is 5.10 Å². The molecule has 2 aromatic rings. The van der Waals surface area contributed by atoms with Crippen LogP contribution in [0, 0.1) is 24.6 Å². The number of aromatic nitrogens is 2. The van der Waals surface area contributed by atoms with Gasteiger partial charge < -0.3 is 0 Å². The first-order valence-corrected chi connectivity index (χ1v) is 5.28. The van der Waals surface area contributed by atoms with E-state index >= 15 is 0 Å². The van der Waals surface area contributed by atoms with Gasteiger partial charge in [0.05, 0.1) is 0 Å². The Bertz CT molecular complexity index is 546. The van der Waals surface area contributed by atoms with Gasteiger partial charge in [0.2, 0.25) is 11.4 Å². The van der Waals surface area contributed by atoms with E-state index in [9.17, 15) is 9.30 Å². The summed E-state index contributed by atoms with van der Waals surface area (Å²) in [7, 11) is 0. The molecule has 4 nitrogen and oxygen atoms in total. The highest BCUT2D eigenvalue weighted by atomic mass is 19.1. The van der Waals surface area contributed by atoms with Crippen LogP contribution >= 0.6 is 0 Å². The summed E-state index contributed by atoms with van der Waals surface area (Å²) in [4.78, 5) is 10.6. The van der Waals surface area contributed by atoms with E-state index < -0.39 is 0 Å². The molecule has 0 radical (unpaired) electrons. The van der Waals surface area contributed by atoms with Gasteiger partial charge in [-0.3, -0.25) is 0 Å². The van der Waals surface area contributed by atoms with Gasteiger partial charge in [-0.25, -0.2) is 4.39 Å². The van der Waals surface area contributed by atoms with Crippen LogP contribution in [0.4, 0.5) is 10.1 Å². The molecule has 1 aromatic heterocycles.